The van der Waals surface area contributed by atoms with E-state index < -0.39 is 17.7 Å². The Balaban J connectivity index is 2.29. The van der Waals surface area contributed by atoms with Gasteiger partial charge >= 0.3 is 12.1 Å². The molecule has 0 bridgehead atoms. The van der Waals surface area contributed by atoms with E-state index in [1.54, 1.807) is 33.9 Å². The quantitative estimate of drug-likeness (QED) is 0.615. The average molecular weight is 358 g/mol. The number of methoxy groups -OCH3 is 2. The maximum Gasteiger partial charge on any atom is 0.434 e. The molecule has 0 fully saturated rings. The number of hydrogen-bond donors (Lipinski definition) is 0. The Bertz CT molecular complexity index is 853. The van der Waals surface area contributed by atoms with Gasteiger partial charge in [-0.1, -0.05) is 6.07 Å². The first kappa shape index (κ1) is 19.4. The van der Waals surface area contributed by atoms with Gasteiger partial charge in [0.25, 0.3) is 0 Å². The third kappa shape index (κ3) is 5.27. The maximum absolute atomic E-state index is 12.0. The number of fused-ring (bicyclic) bond motifs is 1. The molecule has 1 aromatic heterocycles. The lowest BCUT2D eigenvalue weighted by Crippen LogP contribution is -2.25. The number of carbonyl (C=O) groups excluding carboxylic acids is 2. The fourth-order valence-corrected chi connectivity index (χ4v) is 2.24. The molecule has 7 nitrogen and oxygen atoms in total. The topological polar surface area (TPSA) is 87.1 Å². The Labute approximate surface area is 152 Å². The van der Waals surface area contributed by atoms with Crippen LogP contribution >= 0.6 is 0 Å². The highest BCUT2D eigenvalue weighted by molar-refractivity contribution is 6.38. The van der Waals surface area contributed by atoms with Gasteiger partial charge in [0.05, 0.1) is 19.7 Å². The summed E-state index contributed by atoms with van der Waals surface area (Å²) >= 11 is 0. The molecule has 1 aromatic carbocycles. The number of aliphatic imine (C=N–C) groups is 1. The number of aromatic nitrogens is 1. The first-order chi connectivity index (χ1) is 12.2. The zero-order valence-corrected chi connectivity index (χ0v) is 15.5. The fourth-order valence-electron chi connectivity index (χ4n) is 2.24. The van der Waals surface area contributed by atoms with E-state index in [-0.39, 0.29) is 12.1 Å². The summed E-state index contributed by atoms with van der Waals surface area (Å²) in [7, 11) is 2.79. The molecule has 0 aliphatic rings. The molecular weight excluding hydrogens is 336 g/mol. The predicted octanol–water partition coefficient (Wildman–Crippen LogP) is 3.34. The highest BCUT2D eigenvalue weighted by Gasteiger charge is 2.20. The van der Waals surface area contributed by atoms with Gasteiger partial charge in [-0.3, -0.25) is 0 Å². The van der Waals surface area contributed by atoms with E-state index >= 15 is 0 Å². The zero-order valence-electron chi connectivity index (χ0n) is 15.5. The van der Waals surface area contributed by atoms with Crippen molar-refractivity contribution in [1.29, 1.82) is 0 Å². The molecule has 2 rings (SSSR count). The molecule has 1 heterocycles. The second-order valence-corrected chi connectivity index (χ2v) is 6.59. The monoisotopic (exact) mass is 358 g/mol. The Hall–Kier alpha value is -2.96. The third-order valence-electron chi connectivity index (χ3n) is 3.35. The molecule has 0 radical (unpaired) electrons. The Morgan fingerprint density at radius 3 is 2.46 bits per heavy atom. The average Bonchev–Trinajstić information content (AvgIpc) is 2.58. The van der Waals surface area contributed by atoms with Gasteiger partial charge in [-0.05, 0) is 44.5 Å². The Kier molecular flexibility index (Phi) is 5.92. The fraction of sp³-hybridized carbons (Fsp3) is 0.368. The number of ether oxygens (including phenoxy) is 3. The number of hydrogen-bond acceptors (Lipinski definition) is 6. The van der Waals surface area contributed by atoms with Gasteiger partial charge in [-0.25, -0.2) is 14.6 Å². The van der Waals surface area contributed by atoms with E-state index in [9.17, 15) is 9.59 Å². The molecule has 1 amide bonds. The second kappa shape index (κ2) is 7.95. The Morgan fingerprint density at radius 2 is 1.85 bits per heavy atom. The van der Waals surface area contributed by atoms with Gasteiger partial charge in [-0.2, -0.15) is 4.99 Å². The van der Waals surface area contributed by atoms with Crippen LogP contribution in [0.5, 0.6) is 5.88 Å². The van der Waals surface area contributed by atoms with Crippen LogP contribution in [0.15, 0.2) is 35.3 Å². The molecule has 0 unspecified atom stereocenters. The number of benzene rings is 1. The van der Waals surface area contributed by atoms with Crippen LogP contribution in [0.2, 0.25) is 0 Å². The van der Waals surface area contributed by atoms with Crippen LogP contribution < -0.4 is 4.74 Å². The summed E-state index contributed by atoms with van der Waals surface area (Å²) in [5, 5.41) is 0.879. The lowest BCUT2D eigenvalue weighted by Gasteiger charge is -2.17. The maximum atomic E-state index is 12.0. The van der Waals surface area contributed by atoms with E-state index in [4.69, 9.17) is 14.2 Å². The van der Waals surface area contributed by atoms with Crippen LogP contribution in [-0.4, -0.2) is 42.6 Å². The summed E-state index contributed by atoms with van der Waals surface area (Å²) in [4.78, 5) is 32.0. The van der Waals surface area contributed by atoms with Crippen LogP contribution in [0.3, 0.4) is 0 Å². The van der Waals surface area contributed by atoms with Gasteiger partial charge in [0.1, 0.15) is 11.3 Å². The van der Waals surface area contributed by atoms with E-state index in [1.165, 1.54) is 7.11 Å². The number of pyridine rings is 1. The third-order valence-corrected chi connectivity index (χ3v) is 3.35. The second-order valence-electron chi connectivity index (χ2n) is 6.59. The van der Waals surface area contributed by atoms with E-state index in [0.29, 0.717) is 5.88 Å². The van der Waals surface area contributed by atoms with Gasteiger partial charge < -0.3 is 14.2 Å². The van der Waals surface area contributed by atoms with Crippen LogP contribution in [0.1, 0.15) is 26.3 Å². The molecule has 7 heteroatoms. The smallest absolute Gasteiger partial charge is 0.434 e. The Morgan fingerprint density at radius 1 is 1.12 bits per heavy atom. The van der Waals surface area contributed by atoms with E-state index in [1.807, 2.05) is 24.3 Å². The number of rotatable bonds is 4. The van der Waals surface area contributed by atoms with Crippen molar-refractivity contribution in [2.75, 3.05) is 14.2 Å². The van der Waals surface area contributed by atoms with Crippen molar-refractivity contribution in [3.63, 3.8) is 0 Å². The number of amides is 1. The van der Waals surface area contributed by atoms with Crippen molar-refractivity contribution in [3.8, 4) is 5.88 Å². The van der Waals surface area contributed by atoms with Crippen molar-refractivity contribution in [2.45, 2.75) is 32.8 Å². The summed E-state index contributed by atoms with van der Waals surface area (Å²) in [5.74, 6) is -0.157. The SMILES string of the molecule is COC(=O)C(Cc1ccc2nc(OC)ccc2c1)=NC(=O)OC(C)(C)C. The minimum absolute atomic E-state index is 0.0254. The lowest BCUT2D eigenvalue weighted by atomic mass is 10.1. The molecular formula is C19H22N2O5. The van der Waals surface area contributed by atoms with E-state index in [0.717, 1.165) is 16.5 Å². The van der Waals surface area contributed by atoms with Gasteiger partial charge in [0, 0.05) is 17.9 Å². The predicted molar refractivity (Wildman–Crippen MR) is 97.7 cm³/mol. The first-order valence-electron chi connectivity index (χ1n) is 8.04. The normalized spacial score (nSPS) is 12.0. The minimum Gasteiger partial charge on any atom is -0.481 e. The van der Waals surface area contributed by atoms with Gasteiger partial charge in [0.15, 0.2) is 0 Å². The first-order valence-corrected chi connectivity index (χ1v) is 8.04. The zero-order chi connectivity index (χ0) is 19.3. The number of esters is 1. The number of nitrogens with zero attached hydrogens (tertiary/aromatic N) is 2. The highest BCUT2D eigenvalue weighted by Crippen LogP contribution is 2.19. The molecule has 0 saturated carbocycles. The van der Waals surface area contributed by atoms with Crippen molar-refractivity contribution in [3.05, 3.63) is 35.9 Å². The summed E-state index contributed by atoms with van der Waals surface area (Å²) in [5.41, 5.74) is 0.826. The van der Waals surface area contributed by atoms with Crippen LogP contribution in [0, 0.1) is 0 Å². The lowest BCUT2D eigenvalue weighted by molar-refractivity contribution is -0.132. The summed E-state index contributed by atoms with van der Waals surface area (Å²) in [6.07, 6.45) is -0.696. The van der Waals surface area contributed by atoms with Gasteiger partial charge in [-0.15, -0.1) is 0 Å². The minimum atomic E-state index is -0.829. The van der Waals surface area contributed by atoms with Crippen molar-refractivity contribution < 1.29 is 23.8 Å². The molecule has 0 atom stereocenters. The van der Waals surface area contributed by atoms with Crippen LogP contribution in [0.4, 0.5) is 4.79 Å². The molecule has 0 aliphatic heterocycles. The molecule has 0 saturated heterocycles. The van der Waals surface area contributed by atoms with Crippen molar-refractivity contribution in [2.24, 2.45) is 4.99 Å². The van der Waals surface area contributed by atoms with Crippen molar-refractivity contribution in [1.82, 2.24) is 4.98 Å². The molecule has 0 aliphatic carbocycles. The molecule has 0 spiro atoms. The molecule has 0 N–H and O–H groups in total. The summed E-state index contributed by atoms with van der Waals surface area (Å²) in [6.45, 7) is 5.18. The van der Waals surface area contributed by atoms with Gasteiger partial charge in [0.2, 0.25) is 5.88 Å². The van der Waals surface area contributed by atoms with Crippen LogP contribution in [-0.2, 0) is 20.7 Å². The molecule has 2 aromatic rings. The standard InChI is InChI=1S/C19H22N2O5/c1-19(2,3)26-18(23)21-15(17(22)25-5)11-12-6-8-14-13(10-12)7-9-16(20-14)24-4/h6-10H,11H2,1-5H3. The largest absolute Gasteiger partial charge is 0.481 e. The van der Waals surface area contributed by atoms with E-state index in [2.05, 4.69) is 9.98 Å². The summed E-state index contributed by atoms with van der Waals surface area (Å²) < 4.78 is 15.0. The van der Waals surface area contributed by atoms with Crippen LogP contribution in [0.25, 0.3) is 10.9 Å². The number of carbonyl (C=O) groups is 2. The highest BCUT2D eigenvalue weighted by atomic mass is 16.6. The van der Waals surface area contributed by atoms with Crippen molar-refractivity contribution >= 4 is 28.7 Å². The summed E-state index contributed by atoms with van der Waals surface area (Å²) in [6, 6.07) is 9.11. The molecule has 26 heavy (non-hydrogen) atoms. The molecule has 138 valence electrons.